The summed E-state index contributed by atoms with van der Waals surface area (Å²) in [4.78, 5) is 1.38. The third-order valence-electron chi connectivity index (χ3n) is 2.92. The van der Waals surface area contributed by atoms with Crippen LogP contribution in [-0.4, -0.2) is 0 Å². The predicted molar refractivity (Wildman–Crippen MR) is 62.6 cm³/mol. The van der Waals surface area contributed by atoms with Crippen molar-refractivity contribution in [3.8, 4) is 0 Å². The number of nitrogens with two attached hydrogens (primary N) is 1. The van der Waals surface area contributed by atoms with Crippen LogP contribution in [0.1, 0.15) is 42.7 Å². The first-order valence-electron chi connectivity index (χ1n) is 5.33. The standard InChI is InChI=1S/C12H17NS/c1-2-9-7-8-14-12(9)11(13)10-5-3-4-6-10/h5,7-8,11H,2-4,6,13H2,1H3. The topological polar surface area (TPSA) is 26.0 Å². The molecule has 1 nitrogen and oxygen atoms in total. The highest BCUT2D eigenvalue weighted by atomic mass is 32.1. The molecule has 0 spiro atoms. The monoisotopic (exact) mass is 207 g/mol. The predicted octanol–water partition coefficient (Wildman–Crippen LogP) is 3.42. The van der Waals surface area contributed by atoms with Crippen LogP contribution in [0.2, 0.25) is 0 Å². The van der Waals surface area contributed by atoms with E-state index in [1.54, 1.807) is 11.3 Å². The molecule has 0 saturated carbocycles. The van der Waals surface area contributed by atoms with E-state index in [1.165, 1.54) is 35.3 Å². The Bertz CT molecular complexity index is 338. The molecule has 2 rings (SSSR count). The van der Waals surface area contributed by atoms with Crippen molar-refractivity contribution in [2.45, 2.75) is 38.6 Å². The Morgan fingerprint density at radius 3 is 3.07 bits per heavy atom. The van der Waals surface area contributed by atoms with Gasteiger partial charge in [-0.1, -0.05) is 18.6 Å². The van der Waals surface area contributed by atoms with Crippen LogP contribution in [0.3, 0.4) is 0 Å². The van der Waals surface area contributed by atoms with E-state index in [0.29, 0.717) is 0 Å². The Labute approximate surface area is 89.6 Å². The zero-order chi connectivity index (χ0) is 9.97. The van der Waals surface area contributed by atoms with Gasteiger partial charge in [-0.15, -0.1) is 11.3 Å². The smallest absolute Gasteiger partial charge is 0.0608 e. The molecule has 1 aromatic rings. The highest BCUT2D eigenvalue weighted by molar-refractivity contribution is 7.10. The Hall–Kier alpha value is -0.600. The lowest BCUT2D eigenvalue weighted by Gasteiger charge is -2.13. The van der Waals surface area contributed by atoms with Crippen LogP contribution in [0.25, 0.3) is 0 Å². The van der Waals surface area contributed by atoms with Gasteiger partial charge in [-0.25, -0.2) is 0 Å². The summed E-state index contributed by atoms with van der Waals surface area (Å²) in [6.45, 7) is 2.20. The van der Waals surface area contributed by atoms with Crippen molar-refractivity contribution >= 4 is 11.3 Å². The third kappa shape index (κ3) is 1.77. The number of aryl methyl sites for hydroxylation is 1. The minimum Gasteiger partial charge on any atom is -0.320 e. The van der Waals surface area contributed by atoms with E-state index in [0.717, 1.165) is 6.42 Å². The van der Waals surface area contributed by atoms with E-state index in [-0.39, 0.29) is 6.04 Å². The molecule has 1 unspecified atom stereocenters. The number of hydrogen-bond acceptors (Lipinski definition) is 2. The molecular weight excluding hydrogens is 190 g/mol. The molecule has 1 aromatic heterocycles. The van der Waals surface area contributed by atoms with Gasteiger partial charge in [-0.3, -0.25) is 0 Å². The van der Waals surface area contributed by atoms with Crippen LogP contribution in [-0.2, 0) is 6.42 Å². The molecule has 2 N–H and O–H groups in total. The molecular formula is C12H17NS. The molecule has 0 amide bonds. The molecule has 0 radical (unpaired) electrons. The summed E-state index contributed by atoms with van der Waals surface area (Å²) >= 11 is 1.80. The van der Waals surface area contributed by atoms with E-state index < -0.39 is 0 Å². The van der Waals surface area contributed by atoms with Gasteiger partial charge in [0.1, 0.15) is 0 Å². The fourth-order valence-corrected chi connectivity index (χ4v) is 3.10. The average Bonchev–Trinajstić information content (AvgIpc) is 2.87. The van der Waals surface area contributed by atoms with Gasteiger partial charge in [0.05, 0.1) is 6.04 Å². The maximum atomic E-state index is 6.26. The van der Waals surface area contributed by atoms with E-state index in [2.05, 4.69) is 24.4 Å². The lowest BCUT2D eigenvalue weighted by Crippen LogP contribution is -2.12. The van der Waals surface area contributed by atoms with E-state index >= 15 is 0 Å². The summed E-state index contributed by atoms with van der Waals surface area (Å²) in [5.41, 5.74) is 9.14. The first-order valence-corrected chi connectivity index (χ1v) is 6.21. The largest absolute Gasteiger partial charge is 0.320 e. The highest BCUT2D eigenvalue weighted by Crippen LogP contribution is 2.33. The molecule has 0 aliphatic heterocycles. The van der Waals surface area contributed by atoms with Gasteiger partial charge in [-0.2, -0.15) is 0 Å². The SMILES string of the molecule is CCc1ccsc1C(N)C1=CCCC1. The third-order valence-corrected chi connectivity index (χ3v) is 3.96. The fourth-order valence-electron chi connectivity index (χ4n) is 2.06. The average molecular weight is 207 g/mol. The Balaban J connectivity index is 2.21. The molecule has 0 saturated heterocycles. The van der Waals surface area contributed by atoms with Crippen LogP contribution in [0.5, 0.6) is 0 Å². The minimum atomic E-state index is 0.174. The zero-order valence-electron chi connectivity index (χ0n) is 8.62. The van der Waals surface area contributed by atoms with Crippen molar-refractivity contribution in [3.63, 3.8) is 0 Å². The van der Waals surface area contributed by atoms with E-state index in [1.807, 2.05) is 0 Å². The van der Waals surface area contributed by atoms with Gasteiger partial charge in [0.25, 0.3) is 0 Å². The van der Waals surface area contributed by atoms with Crippen LogP contribution in [0.15, 0.2) is 23.1 Å². The molecule has 1 atom stereocenters. The normalized spacial score (nSPS) is 18.3. The van der Waals surface area contributed by atoms with Crippen molar-refractivity contribution in [1.29, 1.82) is 0 Å². The summed E-state index contributed by atoms with van der Waals surface area (Å²) in [6.07, 6.45) is 7.12. The molecule has 14 heavy (non-hydrogen) atoms. The quantitative estimate of drug-likeness (QED) is 0.755. The number of thiophene rings is 1. The Morgan fingerprint density at radius 2 is 2.43 bits per heavy atom. The summed E-state index contributed by atoms with van der Waals surface area (Å²) in [5.74, 6) is 0. The lowest BCUT2D eigenvalue weighted by molar-refractivity contribution is 0.788. The highest BCUT2D eigenvalue weighted by Gasteiger charge is 2.18. The summed E-state index contributed by atoms with van der Waals surface area (Å²) in [7, 11) is 0. The van der Waals surface area contributed by atoms with Crippen molar-refractivity contribution < 1.29 is 0 Å². The van der Waals surface area contributed by atoms with Gasteiger partial charge in [0.15, 0.2) is 0 Å². The second-order valence-corrected chi connectivity index (χ2v) is 4.76. The number of rotatable bonds is 3. The molecule has 0 aromatic carbocycles. The molecule has 76 valence electrons. The van der Waals surface area contributed by atoms with Crippen molar-refractivity contribution in [2.75, 3.05) is 0 Å². The molecule has 1 aliphatic rings. The lowest BCUT2D eigenvalue weighted by atomic mass is 10.0. The van der Waals surface area contributed by atoms with Crippen molar-refractivity contribution in [2.24, 2.45) is 5.73 Å². The van der Waals surface area contributed by atoms with Crippen molar-refractivity contribution in [3.05, 3.63) is 33.5 Å². The van der Waals surface area contributed by atoms with Crippen LogP contribution >= 0.6 is 11.3 Å². The van der Waals surface area contributed by atoms with E-state index in [4.69, 9.17) is 5.73 Å². The van der Waals surface area contributed by atoms with Gasteiger partial charge in [0, 0.05) is 4.88 Å². The molecule has 0 bridgehead atoms. The summed E-state index contributed by atoms with van der Waals surface area (Å²) < 4.78 is 0. The zero-order valence-corrected chi connectivity index (χ0v) is 9.44. The van der Waals surface area contributed by atoms with Crippen LogP contribution in [0.4, 0.5) is 0 Å². The van der Waals surface area contributed by atoms with Gasteiger partial charge < -0.3 is 5.73 Å². The van der Waals surface area contributed by atoms with Gasteiger partial charge in [-0.05, 0) is 42.7 Å². The number of hydrogen-bond donors (Lipinski definition) is 1. The first kappa shape index (κ1) is 9.94. The second kappa shape index (κ2) is 4.28. The van der Waals surface area contributed by atoms with Gasteiger partial charge in [0.2, 0.25) is 0 Å². The second-order valence-electron chi connectivity index (χ2n) is 3.81. The molecule has 1 aliphatic carbocycles. The van der Waals surface area contributed by atoms with Crippen molar-refractivity contribution in [1.82, 2.24) is 0 Å². The maximum absolute atomic E-state index is 6.26. The number of allylic oxidation sites excluding steroid dienone is 1. The summed E-state index contributed by atoms with van der Waals surface area (Å²) in [5, 5.41) is 2.16. The minimum absolute atomic E-state index is 0.174. The molecule has 1 heterocycles. The Kier molecular flexibility index (Phi) is 3.04. The molecule has 0 fully saturated rings. The van der Waals surface area contributed by atoms with E-state index in [9.17, 15) is 0 Å². The van der Waals surface area contributed by atoms with Gasteiger partial charge >= 0.3 is 0 Å². The Morgan fingerprint density at radius 1 is 1.57 bits per heavy atom. The summed E-state index contributed by atoms with van der Waals surface area (Å²) in [6, 6.07) is 2.38. The molecule has 2 heteroatoms. The maximum Gasteiger partial charge on any atom is 0.0608 e. The first-order chi connectivity index (χ1) is 6.83. The fraction of sp³-hybridized carbons (Fsp3) is 0.500. The van der Waals surface area contributed by atoms with Crippen LogP contribution in [0, 0.1) is 0 Å². The van der Waals surface area contributed by atoms with Crippen LogP contribution < -0.4 is 5.73 Å².